The molecule has 2 aliphatic carbocycles. The summed E-state index contributed by atoms with van der Waals surface area (Å²) in [6.45, 7) is 5.31. The Morgan fingerprint density at radius 2 is 1.92 bits per heavy atom. The fraction of sp³-hybridized carbons (Fsp3) is 0.333. The van der Waals surface area contributed by atoms with Crippen LogP contribution in [0.15, 0.2) is 35.9 Å². The van der Waals surface area contributed by atoms with Crippen LogP contribution in [0.4, 0.5) is 0 Å². The van der Waals surface area contributed by atoms with Crippen molar-refractivity contribution in [3.8, 4) is 0 Å². The van der Waals surface area contributed by atoms with Crippen molar-refractivity contribution in [2.24, 2.45) is 0 Å². The van der Waals surface area contributed by atoms with E-state index < -0.39 is 6.10 Å². The van der Waals surface area contributed by atoms with Crippen LogP contribution >= 0.6 is 0 Å². The van der Waals surface area contributed by atoms with Gasteiger partial charge < -0.3 is 5.11 Å². The van der Waals surface area contributed by atoms with Gasteiger partial charge in [-0.25, -0.2) is 0 Å². The Balaban J connectivity index is 2.15. The topological polar surface area (TPSA) is 54.4 Å². The van der Waals surface area contributed by atoms with Crippen LogP contribution in [0.5, 0.6) is 0 Å². The lowest BCUT2D eigenvalue weighted by Gasteiger charge is -2.15. The highest BCUT2D eigenvalue weighted by molar-refractivity contribution is 6.07. The molecule has 3 rings (SSSR count). The van der Waals surface area contributed by atoms with Crippen molar-refractivity contribution >= 4 is 23.7 Å². The Bertz CT molecular complexity index is 863. The van der Waals surface area contributed by atoms with Gasteiger partial charge in [-0.2, -0.15) is 0 Å². The van der Waals surface area contributed by atoms with Crippen LogP contribution in [-0.2, 0) is 0 Å². The quantitative estimate of drug-likeness (QED) is 0.687. The summed E-state index contributed by atoms with van der Waals surface area (Å²) in [6.07, 6.45) is 9.73. The molecule has 1 aromatic rings. The summed E-state index contributed by atoms with van der Waals surface area (Å²) in [4.78, 5) is 24.6. The van der Waals surface area contributed by atoms with E-state index in [1.807, 2.05) is 0 Å². The van der Waals surface area contributed by atoms with Gasteiger partial charge in [-0.05, 0) is 79.0 Å². The predicted molar refractivity (Wildman–Crippen MR) is 95.3 cm³/mol. The van der Waals surface area contributed by atoms with Gasteiger partial charge in [0.1, 0.15) is 0 Å². The predicted octanol–water partition coefficient (Wildman–Crippen LogP) is 2.45. The normalized spacial score (nSPS) is 19.8. The van der Waals surface area contributed by atoms with Gasteiger partial charge in [0.05, 0.1) is 6.10 Å². The molecule has 3 heteroatoms. The van der Waals surface area contributed by atoms with Crippen LogP contribution in [0, 0.1) is 0 Å². The summed E-state index contributed by atoms with van der Waals surface area (Å²) in [7, 11) is 0. The molecular weight excluding hydrogens is 300 g/mol. The first-order valence-corrected chi connectivity index (χ1v) is 8.45. The van der Waals surface area contributed by atoms with Gasteiger partial charge >= 0.3 is 0 Å². The largest absolute Gasteiger partial charge is 0.384 e. The Labute approximate surface area is 141 Å². The van der Waals surface area contributed by atoms with Gasteiger partial charge in [-0.1, -0.05) is 18.6 Å². The number of Topliss-reactive ketones (excluding diaryl/α,β-unsaturated/α-hetero) is 1. The molecule has 0 amide bonds. The Hall–Kier alpha value is -2.26. The van der Waals surface area contributed by atoms with Crippen molar-refractivity contribution in [2.75, 3.05) is 0 Å². The number of benzene rings is 1. The van der Waals surface area contributed by atoms with E-state index in [-0.39, 0.29) is 11.6 Å². The van der Waals surface area contributed by atoms with E-state index in [1.165, 1.54) is 18.9 Å². The molecule has 0 saturated heterocycles. The van der Waals surface area contributed by atoms with Crippen LogP contribution in [0.2, 0.25) is 0 Å². The van der Waals surface area contributed by atoms with E-state index in [0.717, 1.165) is 30.9 Å². The zero-order valence-corrected chi connectivity index (χ0v) is 14.0. The molecule has 1 N–H and O–H groups in total. The van der Waals surface area contributed by atoms with Crippen molar-refractivity contribution < 1.29 is 14.7 Å². The van der Waals surface area contributed by atoms with E-state index >= 15 is 0 Å². The molecule has 24 heavy (non-hydrogen) atoms. The molecule has 0 radical (unpaired) electrons. The van der Waals surface area contributed by atoms with Gasteiger partial charge in [0, 0.05) is 11.1 Å². The van der Waals surface area contributed by atoms with Crippen LogP contribution in [0.25, 0.3) is 12.2 Å². The van der Waals surface area contributed by atoms with Crippen LogP contribution in [0.3, 0.4) is 0 Å². The molecule has 1 saturated carbocycles. The number of carbonyl (C=O) groups excluding carboxylic acids is 2. The second-order valence-corrected chi connectivity index (χ2v) is 6.64. The maximum atomic E-state index is 12.8. The average Bonchev–Trinajstić information content (AvgIpc) is 2.55. The SMILES string of the molecule is C=C1C=c2cc(C(C)=O)cc(C(=O)C=C3CCCCC3)c2=CC1O. The molecule has 0 aromatic heterocycles. The Morgan fingerprint density at radius 3 is 2.58 bits per heavy atom. The van der Waals surface area contributed by atoms with Crippen molar-refractivity contribution in [3.63, 3.8) is 0 Å². The maximum Gasteiger partial charge on any atom is 0.186 e. The second-order valence-electron chi connectivity index (χ2n) is 6.64. The molecule has 1 unspecified atom stereocenters. The fourth-order valence-corrected chi connectivity index (χ4v) is 3.35. The lowest BCUT2D eigenvalue weighted by molar-refractivity contribution is 0.101. The van der Waals surface area contributed by atoms with E-state index in [9.17, 15) is 14.7 Å². The monoisotopic (exact) mass is 322 g/mol. The zero-order chi connectivity index (χ0) is 17.3. The number of hydrogen-bond acceptors (Lipinski definition) is 3. The number of allylic oxidation sites excluding steroid dienone is 2. The number of aliphatic hydroxyl groups is 1. The van der Waals surface area contributed by atoms with E-state index in [4.69, 9.17) is 0 Å². The molecule has 0 heterocycles. The number of rotatable bonds is 3. The van der Waals surface area contributed by atoms with E-state index in [2.05, 4.69) is 6.58 Å². The molecule has 1 aromatic carbocycles. The number of hydrogen-bond donors (Lipinski definition) is 1. The maximum absolute atomic E-state index is 12.8. The minimum Gasteiger partial charge on any atom is -0.384 e. The Morgan fingerprint density at radius 1 is 1.21 bits per heavy atom. The number of aliphatic hydroxyl groups excluding tert-OH is 1. The summed E-state index contributed by atoms with van der Waals surface area (Å²) in [5.41, 5.74) is 2.73. The second kappa shape index (κ2) is 6.70. The molecule has 0 aliphatic heterocycles. The number of ketones is 2. The van der Waals surface area contributed by atoms with Crippen LogP contribution in [0.1, 0.15) is 59.7 Å². The first kappa shape index (κ1) is 16.6. The minimum atomic E-state index is -0.797. The highest BCUT2D eigenvalue weighted by Crippen LogP contribution is 2.23. The standard InChI is InChI=1S/C21H22O3/c1-13-8-17-10-16(14(2)22)11-19(18(17)12-20(13)23)21(24)9-15-6-4-3-5-7-15/h8-12,20,23H,1,3-7H2,2H3. The minimum absolute atomic E-state index is 0.0812. The lowest BCUT2D eigenvalue weighted by Crippen LogP contribution is -2.37. The van der Waals surface area contributed by atoms with Crippen molar-refractivity contribution in [1.29, 1.82) is 0 Å². The Kier molecular flexibility index (Phi) is 4.63. The molecule has 124 valence electrons. The van der Waals surface area contributed by atoms with Gasteiger partial charge in [0.15, 0.2) is 11.6 Å². The third-order valence-corrected chi connectivity index (χ3v) is 4.76. The summed E-state index contributed by atoms with van der Waals surface area (Å²) >= 11 is 0. The summed E-state index contributed by atoms with van der Waals surface area (Å²) in [6, 6.07) is 3.41. The number of fused-ring (bicyclic) bond motifs is 1. The third kappa shape index (κ3) is 3.31. The molecule has 0 spiro atoms. The van der Waals surface area contributed by atoms with Gasteiger partial charge in [-0.15, -0.1) is 0 Å². The summed E-state index contributed by atoms with van der Waals surface area (Å²) in [5, 5.41) is 11.5. The molecule has 1 atom stereocenters. The van der Waals surface area contributed by atoms with E-state index in [1.54, 1.807) is 30.4 Å². The summed E-state index contributed by atoms with van der Waals surface area (Å²) < 4.78 is 0. The van der Waals surface area contributed by atoms with Gasteiger partial charge in [0.2, 0.25) is 0 Å². The average molecular weight is 322 g/mol. The van der Waals surface area contributed by atoms with Crippen molar-refractivity contribution in [1.82, 2.24) is 0 Å². The lowest BCUT2D eigenvalue weighted by atomic mass is 9.90. The third-order valence-electron chi connectivity index (χ3n) is 4.76. The zero-order valence-electron chi connectivity index (χ0n) is 14.0. The smallest absolute Gasteiger partial charge is 0.186 e. The van der Waals surface area contributed by atoms with Crippen molar-refractivity contribution in [3.05, 3.63) is 57.5 Å². The first-order valence-electron chi connectivity index (χ1n) is 8.45. The number of carbonyl (C=O) groups is 2. The molecule has 3 nitrogen and oxygen atoms in total. The van der Waals surface area contributed by atoms with Gasteiger partial charge in [-0.3, -0.25) is 9.59 Å². The van der Waals surface area contributed by atoms with Crippen molar-refractivity contribution in [2.45, 2.75) is 45.1 Å². The highest BCUT2D eigenvalue weighted by Gasteiger charge is 2.16. The molecule has 2 aliphatic rings. The fourth-order valence-electron chi connectivity index (χ4n) is 3.35. The molecular formula is C21H22O3. The highest BCUT2D eigenvalue weighted by atomic mass is 16.3. The van der Waals surface area contributed by atoms with E-state index in [0.29, 0.717) is 21.9 Å². The van der Waals surface area contributed by atoms with Crippen LogP contribution in [-0.4, -0.2) is 22.8 Å². The first-order chi connectivity index (χ1) is 11.5. The molecule has 0 bridgehead atoms. The molecule has 1 fully saturated rings. The van der Waals surface area contributed by atoms with Gasteiger partial charge in [0.25, 0.3) is 0 Å². The van der Waals surface area contributed by atoms with Crippen LogP contribution < -0.4 is 10.4 Å². The summed E-state index contributed by atoms with van der Waals surface area (Å²) in [5.74, 6) is -0.169.